The molecule has 5 N–H and O–H groups in total. The molecule has 0 unspecified atom stereocenters. The van der Waals surface area contributed by atoms with Gasteiger partial charge in [0.2, 0.25) is 0 Å². The minimum Gasteiger partial charge on any atom is -0.491 e. The molecule has 0 atom stereocenters. The van der Waals surface area contributed by atoms with Crippen molar-refractivity contribution in [2.75, 3.05) is 12.4 Å². The summed E-state index contributed by atoms with van der Waals surface area (Å²) in [7, 11) is 0. The first kappa shape index (κ1) is 11.4. The van der Waals surface area contributed by atoms with E-state index in [0.717, 1.165) is 16.4 Å². The number of nitrogens with two attached hydrogens (primary N) is 2. The summed E-state index contributed by atoms with van der Waals surface area (Å²) in [6.07, 6.45) is 0. The van der Waals surface area contributed by atoms with Gasteiger partial charge < -0.3 is 10.5 Å². The number of amidine groups is 1. The summed E-state index contributed by atoms with van der Waals surface area (Å²) in [5.41, 5.74) is 8.57. The van der Waals surface area contributed by atoms with E-state index >= 15 is 0 Å². The van der Waals surface area contributed by atoms with E-state index in [1.807, 2.05) is 6.07 Å². The van der Waals surface area contributed by atoms with Gasteiger partial charge in [-0.25, -0.2) is 11.4 Å². The largest absolute Gasteiger partial charge is 0.491 e. The fraction of sp³-hybridized carbons (Fsp3) is 0.222. The van der Waals surface area contributed by atoms with Gasteiger partial charge in [-0.2, -0.15) is 0 Å². The summed E-state index contributed by atoms with van der Waals surface area (Å²) >= 11 is 7.68. The third kappa shape index (κ3) is 2.18. The Kier molecular flexibility index (Phi) is 3.42. The summed E-state index contributed by atoms with van der Waals surface area (Å²) in [4.78, 5) is 0.976. The Balaban J connectivity index is 2.51. The average molecular weight is 259 g/mol. The first-order chi connectivity index (χ1) is 7.72. The van der Waals surface area contributed by atoms with E-state index in [-0.39, 0.29) is 5.84 Å². The fourth-order valence-corrected chi connectivity index (χ4v) is 2.62. The molecule has 0 aromatic heterocycles. The molecule has 1 aromatic carbocycles. The van der Waals surface area contributed by atoms with Crippen molar-refractivity contribution in [1.82, 2.24) is 5.53 Å². The molecule has 0 saturated heterocycles. The zero-order valence-corrected chi connectivity index (χ0v) is 9.94. The predicted molar refractivity (Wildman–Crippen MR) is 65.7 cm³/mol. The second-order valence-electron chi connectivity index (χ2n) is 3.10. The van der Waals surface area contributed by atoms with Crippen molar-refractivity contribution in [3.05, 3.63) is 22.7 Å². The lowest BCUT2D eigenvalue weighted by molar-refractivity contribution is 0.329. The van der Waals surface area contributed by atoms with E-state index in [1.165, 1.54) is 0 Å². The van der Waals surface area contributed by atoms with Crippen LogP contribution in [0.4, 0.5) is 0 Å². The topological polar surface area (TPSA) is 85.7 Å². The molecular weight excluding hydrogens is 248 g/mol. The van der Waals surface area contributed by atoms with E-state index in [9.17, 15) is 0 Å². The van der Waals surface area contributed by atoms with Crippen LogP contribution in [-0.2, 0) is 0 Å². The first-order valence-corrected chi connectivity index (χ1v) is 5.97. The van der Waals surface area contributed by atoms with Crippen LogP contribution in [0.1, 0.15) is 5.56 Å². The van der Waals surface area contributed by atoms with Crippen molar-refractivity contribution >= 4 is 29.2 Å². The molecule has 0 amide bonds. The van der Waals surface area contributed by atoms with Crippen molar-refractivity contribution < 1.29 is 4.74 Å². The Morgan fingerprint density at radius 2 is 2.38 bits per heavy atom. The van der Waals surface area contributed by atoms with Crippen molar-refractivity contribution in [3.8, 4) is 5.75 Å². The molecule has 1 aromatic rings. The van der Waals surface area contributed by atoms with E-state index < -0.39 is 0 Å². The molecule has 2 rings (SSSR count). The number of fused-ring (bicyclic) bond motifs is 1. The van der Waals surface area contributed by atoms with Crippen molar-refractivity contribution in [2.24, 2.45) is 16.7 Å². The van der Waals surface area contributed by atoms with Crippen molar-refractivity contribution in [1.29, 1.82) is 0 Å². The average Bonchev–Trinajstić information content (AvgIpc) is 2.28. The van der Waals surface area contributed by atoms with Gasteiger partial charge in [-0.3, -0.25) is 0 Å². The summed E-state index contributed by atoms with van der Waals surface area (Å²) in [6, 6.07) is 3.57. The standard InChI is InChI=1S/C9H11ClN4OS/c10-5-3-6(9(11)13-14-12)8-7(4-5)16-2-1-15-8/h3-4,14H,1-2,12H2,(H2,11,13). The molecule has 86 valence electrons. The van der Waals surface area contributed by atoms with Gasteiger partial charge in [0.05, 0.1) is 17.1 Å². The maximum Gasteiger partial charge on any atom is 0.155 e. The lowest BCUT2D eigenvalue weighted by Crippen LogP contribution is -2.24. The maximum atomic E-state index is 5.99. The number of hydrogen-bond donors (Lipinski definition) is 3. The second kappa shape index (κ2) is 4.82. The Morgan fingerprint density at radius 3 is 3.12 bits per heavy atom. The zero-order chi connectivity index (χ0) is 11.5. The smallest absolute Gasteiger partial charge is 0.155 e. The van der Waals surface area contributed by atoms with Crippen LogP contribution in [0.2, 0.25) is 5.02 Å². The fourth-order valence-electron chi connectivity index (χ4n) is 1.44. The second-order valence-corrected chi connectivity index (χ2v) is 4.68. The molecule has 0 bridgehead atoms. The van der Waals surface area contributed by atoms with E-state index in [0.29, 0.717) is 17.2 Å². The lowest BCUT2D eigenvalue weighted by Gasteiger charge is -2.19. The molecular formula is C9H11ClN4OS. The number of hydrazine groups is 1. The number of halogens is 1. The van der Waals surface area contributed by atoms with Crippen molar-refractivity contribution in [3.63, 3.8) is 0 Å². The highest BCUT2D eigenvalue weighted by atomic mass is 35.5. The molecule has 1 aliphatic heterocycles. The normalized spacial score (nSPS) is 15.2. The highest BCUT2D eigenvalue weighted by molar-refractivity contribution is 7.99. The minimum absolute atomic E-state index is 0.253. The number of hydrogen-bond acceptors (Lipinski definition) is 5. The van der Waals surface area contributed by atoms with Gasteiger partial charge in [-0.15, -0.1) is 16.9 Å². The van der Waals surface area contributed by atoms with E-state index in [2.05, 4.69) is 10.6 Å². The van der Waals surface area contributed by atoms with Gasteiger partial charge in [0.1, 0.15) is 5.75 Å². The van der Waals surface area contributed by atoms with Crippen LogP contribution in [-0.4, -0.2) is 18.2 Å². The van der Waals surface area contributed by atoms with Crippen LogP contribution in [0.15, 0.2) is 22.1 Å². The monoisotopic (exact) mass is 258 g/mol. The summed E-state index contributed by atoms with van der Waals surface area (Å²) in [5, 5.41) is 4.32. The summed E-state index contributed by atoms with van der Waals surface area (Å²) in [6.45, 7) is 0.648. The Bertz CT molecular complexity index is 438. The van der Waals surface area contributed by atoms with Gasteiger partial charge in [0, 0.05) is 10.8 Å². The van der Waals surface area contributed by atoms with Crippen LogP contribution in [0.3, 0.4) is 0 Å². The van der Waals surface area contributed by atoms with Crippen LogP contribution in [0.25, 0.3) is 0 Å². The molecule has 5 nitrogen and oxygen atoms in total. The van der Waals surface area contributed by atoms with E-state index in [4.69, 9.17) is 27.9 Å². The number of thioether (sulfide) groups is 1. The van der Waals surface area contributed by atoms with Crippen LogP contribution >= 0.6 is 23.4 Å². The quantitative estimate of drug-likeness (QED) is 0.318. The van der Waals surface area contributed by atoms with Gasteiger partial charge >= 0.3 is 0 Å². The van der Waals surface area contributed by atoms with Gasteiger partial charge in [0.15, 0.2) is 5.84 Å². The lowest BCUT2D eigenvalue weighted by atomic mass is 10.2. The highest BCUT2D eigenvalue weighted by Crippen LogP contribution is 2.38. The predicted octanol–water partition coefficient (Wildman–Crippen LogP) is 0.908. The summed E-state index contributed by atoms with van der Waals surface area (Å²) < 4.78 is 5.57. The third-order valence-electron chi connectivity index (χ3n) is 2.07. The highest BCUT2D eigenvalue weighted by Gasteiger charge is 2.18. The Labute approximate surface area is 102 Å². The number of ether oxygens (including phenoxy) is 1. The molecule has 7 heteroatoms. The Hall–Kier alpha value is -1.11. The van der Waals surface area contributed by atoms with Gasteiger partial charge in [-0.1, -0.05) is 11.6 Å². The van der Waals surface area contributed by atoms with Gasteiger partial charge in [0.25, 0.3) is 0 Å². The number of nitrogens with zero attached hydrogens (tertiary/aromatic N) is 1. The molecule has 0 aliphatic carbocycles. The minimum atomic E-state index is 0.253. The Morgan fingerprint density at radius 1 is 1.56 bits per heavy atom. The maximum absolute atomic E-state index is 5.99. The SMILES string of the molecule is NN/N=C(\N)c1cc(Cl)cc2c1OCCS2. The molecule has 0 saturated carbocycles. The summed E-state index contributed by atoms with van der Waals surface area (Å²) in [5.74, 6) is 6.96. The molecule has 0 fully saturated rings. The zero-order valence-electron chi connectivity index (χ0n) is 8.37. The molecule has 0 radical (unpaired) electrons. The molecule has 1 aliphatic rings. The van der Waals surface area contributed by atoms with E-state index in [1.54, 1.807) is 17.8 Å². The number of nitrogens with one attached hydrogen (secondary N) is 1. The van der Waals surface area contributed by atoms with Gasteiger partial charge in [-0.05, 0) is 12.1 Å². The molecule has 16 heavy (non-hydrogen) atoms. The first-order valence-electron chi connectivity index (χ1n) is 4.60. The molecule has 0 spiro atoms. The number of rotatable bonds is 2. The number of benzene rings is 1. The van der Waals surface area contributed by atoms with Crippen molar-refractivity contribution in [2.45, 2.75) is 4.90 Å². The number of hydrazone groups is 1. The third-order valence-corrected chi connectivity index (χ3v) is 3.27. The van der Waals surface area contributed by atoms with Crippen LogP contribution < -0.4 is 21.8 Å². The van der Waals surface area contributed by atoms with Crippen LogP contribution in [0, 0.1) is 0 Å². The van der Waals surface area contributed by atoms with Crippen LogP contribution in [0.5, 0.6) is 5.75 Å². The molecule has 1 heterocycles.